The molecule has 1 aromatic carbocycles. The molecule has 2 aromatic rings. The highest BCUT2D eigenvalue weighted by Crippen LogP contribution is 2.33. The molecule has 0 saturated carbocycles. The predicted octanol–water partition coefficient (Wildman–Crippen LogP) is 3.66. The van der Waals surface area contributed by atoms with Gasteiger partial charge >= 0.3 is 0 Å². The van der Waals surface area contributed by atoms with Gasteiger partial charge < -0.3 is 4.90 Å². The summed E-state index contributed by atoms with van der Waals surface area (Å²) in [4.78, 5) is 18.9. The van der Waals surface area contributed by atoms with Crippen LogP contribution in [0.15, 0.2) is 24.3 Å². The van der Waals surface area contributed by atoms with E-state index < -0.39 is 0 Å². The highest BCUT2D eigenvalue weighted by molar-refractivity contribution is 7.18. The summed E-state index contributed by atoms with van der Waals surface area (Å²) in [5.41, 5.74) is 1.08. The SMILES string of the molecule is CC(C)C(=O)N1CCCC(c2nc3ccccc3s2)C1. The van der Waals surface area contributed by atoms with Crippen LogP contribution in [0, 0.1) is 5.92 Å². The standard InChI is InChI=1S/C16H20N2OS/c1-11(2)16(19)18-9-5-6-12(10-18)15-17-13-7-3-4-8-14(13)20-15/h3-4,7-8,11-12H,5-6,9-10H2,1-2H3. The van der Waals surface area contributed by atoms with E-state index in [1.54, 1.807) is 11.3 Å². The van der Waals surface area contributed by atoms with Crippen LogP contribution >= 0.6 is 11.3 Å². The predicted molar refractivity (Wildman–Crippen MR) is 83.0 cm³/mol. The van der Waals surface area contributed by atoms with Crippen molar-refractivity contribution in [2.75, 3.05) is 13.1 Å². The third-order valence-electron chi connectivity index (χ3n) is 3.89. The van der Waals surface area contributed by atoms with E-state index in [4.69, 9.17) is 4.98 Å². The van der Waals surface area contributed by atoms with E-state index in [0.717, 1.165) is 31.4 Å². The molecule has 0 radical (unpaired) electrons. The van der Waals surface area contributed by atoms with Crippen molar-refractivity contribution in [2.45, 2.75) is 32.6 Å². The third kappa shape index (κ3) is 2.57. The van der Waals surface area contributed by atoms with Crippen LogP contribution in [0.25, 0.3) is 10.2 Å². The molecule has 3 rings (SSSR count). The Morgan fingerprint density at radius 3 is 2.95 bits per heavy atom. The molecule has 1 fully saturated rings. The largest absolute Gasteiger partial charge is 0.342 e. The Labute approximate surface area is 123 Å². The van der Waals surface area contributed by atoms with Gasteiger partial charge in [0.2, 0.25) is 5.91 Å². The number of aromatic nitrogens is 1. The van der Waals surface area contributed by atoms with Crippen LogP contribution in [0.2, 0.25) is 0 Å². The molecule has 106 valence electrons. The quantitative estimate of drug-likeness (QED) is 0.845. The van der Waals surface area contributed by atoms with E-state index in [1.165, 1.54) is 9.71 Å². The molecule has 0 N–H and O–H groups in total. The first-order valence-electron chi connectivity index (χ1n) is 7.29. The van der Waals surface area contributed by atoms with Gasteiger partial charge in [-0.05, 0) is 25.0 Å². The number of hydrogen-bond donors (Lipinski definition) is 0. The van der Waals surface area contributed by atoms with Crippen molar-refractivity contribution in [3.63, 3.8) is 0 Å². The first kappa shape index (κ1) is 13.6. The molecule has 1 atom stereocenters. The number of hydrogen-bond acceptors (Lipinski definition) is 3. The molecule has 3 nitrogen and oxygen atoms in total. The fourth-order valence-corrected chi connectivity index (χ4v) is 3.90. The van der Waals surface area contributed by atoms with Crippen LogP contribution in [-0.2, 0) is 4.79 Å². The number of likely N-dealkylation sites (tertiary alicyclic amines) is 1. The van der Waals surface area contributed by atoms with Gasteiger partial charge in [0.25, 0.3) is 0 Å². The van der Waals surface area contributed by atoms with Gasteiger partial charge in [-0.2, -0.15) is 0 Å². The Balaban J connectivity index is 1.81. The molecule has 1 unspecified atom stereocenters. The van der Waals surface area contributed by atoms with Crippen LogP contribution in [0.4, 0.5) is 0 Å². The summed E-state index contributed by atoms with van der Waals surface area (Å²) in [6.07, 6.45) is 2.22. The van der Waals surface area contributed by atoms with E-state index in [0.29, 0.717) is 5.92 Å². The minimum atomic E-state index is 0.0871. The summed E-state index contributed by atoms with van der Waals surface area (Å²) in [6.45, 7) is 5.68. The van der Waals surface area contributed by atoms with Crippen LogP contribution < -0.4 is 0 Å². The molecule has 4 heteroatoms. The van der Waals surface area contributed by atoms with E-state index >= 15 is 0 Å². The normalized spacial score (nSPS) is 19.8. The highest BCUT2D eigenvalue weighted by Gasteiger charge is 2.27. The van der Waals surface area contributed by atoms with Gasteiger partial charge in [0.1, 0.15) is 0 Å². The number of amides is 1. The Morgan fingerprint density at radius 1 is 1.40 bits per heavy atom. The van der Waals surface area contributed by atoms with Crippen molar-refractivity contribution in [1.29, 1.82) is 0 Å². The number of fused-ring (bicyclic) bond motifs is 1. The van der Waals surface area contributed by atoms with Crippen LogP contribution in [-0.4, -0.2) is 28.9 Å². The summed E-state index contributed by atoms with van der Waals surface area (Å²) in [5, 5.41) is 1.19. The van der Waals surface area contributed by atoms with E-state index in [1.807, 2.05) is 24.8 Å². The molecule has 1 saturated heterocycles. The van der Waals surface area contributed by atoms with Crippen LogP contribution in [0.1, 0.15) is 37.6 Å². The topological polar surface area (TPSA) is 33.2 Å². The Kier molecular flexibility index (Phi) is 3.74. The monoisotopic (exact) mass is 288 g/mol. The van der Waals surface area contributed by atoms with Gasteiger partial charge in [-0.3, -0.25) is 4.79 Å². The van der Waals surface area contributed by atoms with Crippen molar-refractivity contribution < 1.29 is 4.79 Å². The molecular formula is C16H20N2OS. The summed E-state index contributed by atoms with van der Waals surface area (Å²) >= 11 is 1.78. The van der Waals surface area contributed by atoms with Crippen LogP contribution in [0.5, 0.6) is 0 Å². The lowest BCUT2D eigenvalue weighted by molar-refractivity contribution is -0.135. The Bertz CT molecular complexity index is 587. The zero-order valence-corrected chi connectivity index (χ0v) is 12.8. The lowest BCUT2D eigenvalue weighted by Gasteiger charge is -2.33. The van der Waals surface area contributed by atoms with E-state index in [2.05, 4.69) is 18.2 Å². The third-order valence-corrected chi connectivity index (χ3v) is 5.09. The number of piperidine rings is 1. The first-order valence-corrected chi connectivity index (χ1v) is 8.11. The zero-order chi connectivity index (χ0) is 14.1. The van der Waals surface area contributed by atoms with Crippen molar-refractivity contribution in [2.24, 2.45) is 5.92 Å². The second-order valence-corrected chi connectivity index (χ2v) is 6.86. The number of thiazole rings is 1. The van der Waals surface area contributed by atoms with Crippen molar-refractivity contribution in [3.8, 4) is 0 Å². The van der Waals surface area contributed by atoms with E-state index in [-0.39, 0.29) is 11.8 Å². The Hall–Kier alpha value is -1.42. The lowest BCUT2D eigenvalue weighted by atomic mass is 9.97. The first-order chi connectivity index (χ1) is 9.65. The number of carbonyl (C=O) groups excluding carboxylic acids is 1. The lowest BCUT2D eigenvalue weighted by Crippen LogP contribution is -2.41. The van der Waals surface area contributed by atoms with Crippen molar-refractivity contribution in [1.82, 2.24) is 9.88 Å². The second kappa shape index (κ2) is 5.52. The summed E-state index contributed by atoms with van der Waals surface area (Å²) < 4.78 is 1.25. The molecule has 1 amide bonds. The van der Waals surface area contributed by atoms with Gasteiger partial charge in [-0.1, -0.05) is 26.0 Å². The average Bonchev–Trinajstić information content (AvgIpc) is 2.90. The summed E-state index contributed by atoms with van der Waals surface area (Å²) in [6, 6.07) is 8.27. The molecule has 0 bridgehead atoms. The number of rotatable bonds is 2. The van der Waals surface area contributed by atoms with Gasteiger partial charge in [0, 0.05) is 24.9 Å². The van der Waals surface area contributed by atoms with Gasteiger partial charge in [-0.15, -0.1) is 11.3 Å². The highest BCUT2D eigenvalue weighted by atomic mass is 32.1. The molecule has 0 aliphatic carbocycles. The molecule has 0 spiro atoms. The number of carbonyl (C=O) groups is 1. The van der Waals surface area contributed by atoms with Gasteiger partial charge in [0.05, 0.1) is 15.2 Å². The number of benzene rings is 1. The summed E-state index contributed by atoms with van der Waals surface area (Å²) in [7, 11) is 0. The maximum Gasteiger partial charge on any atom is 0.225 e. The second-order valence-electron chi connectivity index (χ2n) is 5.80. The van der Waals surface area contributed by atoms with Gasteiger partial charge in [-0.25, -0.2) is 4.98 Å². The van der Waals surface area contributed by atoms with Crippen molar-refractivity contribution >= 4 is 27.5 Å². The molecule has 20 heavy (non-hydrogen) atoms. The smallest absolute Gasteiger partial charge is 0.225 e. The minimum absolute atomic E-state index is 0.0871. The van der Waals surface area contributed by atoms with Crippen LogP contribution in [0.3, 0.4) is 0 Å². The average molecular weight is 288 g/mol. The maximum atomic E-state index is 12.2. The Morgan fingerprint density at radius 2 is 2.20 bits per heavy atom. The fourth-order valence-electron chi connectivity index (χ4n) is 2.81. The molecule has 2 heterocycles. The molecular weight excluding hydrogens is 268 g/mol. The minimum Gasteiger partial charge on any atom is -0.342 e. The molecule has 1 aliphatic rings. The molecule has 1 aromatic heterocycles. The molecule has 1 aliphatic heterocycles. The number of nitrogens with zero attached hydrogens (tertiary/aromatic N) is 2. The van der Waals surface area contributed by atoms with Crippen molar-refractivity contribution in [3.05, 3.63) is 29.3 Å². The van der Waals surface area contributed by atoms with Gasteiger partial charge in [0.15, 0.2) is 0 Å². The summed E-state index contributed by atoms with van der Waals surface area (Å²) in [5.74, 6) is 0.767. The maximum absolute atomic E-state index is 12.2. The zero-order valence-electron chi connectivity index (χ0n) is 12.0. The fraction of sp³-hybridized carbons (Fsp3) is 0.500. The van der Waals surface area contributed by atoms with E-state index in [9.17, 15) is 4.79 Å². The number of para-hydroxylation sites is 1.